The molecule has 3 nitrogen and oxygen atoms in total. The first-order valence-corrected chi connectivity index (χ1v) is 6.97. The van der Waals surface area contributed by atoms with Gasteiger partial charge in [0.25, 0.3) is 0 Å². The van der Waals surface area contributed by atoms with Crippen LogP contribution >= 0.6 is 0 Å². The molecular weight excluding hydrogens is 262 g/mol. The minimum atomic E-state index is -0.909. The zero-order chi connectivity index (χ0) is 15.1. The number of rotatable bonds is 6. The molecule has 2 N–H and O–H groups in total. The number of carbonyl (C=O) groups excluding carboxylic acids is 1. The Morgan fingerprint density at radius 2 is 1.85 bits per heavy atom. The van der Waals surface area contributed by atoms with E-state index in [0.717, 1.165) is 25.0 Å². The summed E-state index contributed by atoms with van der Waals surface area (Å²) in [6, 6.07) is 2.94. The van der Waals surface area contributed by atoms with Crippen molar-refractivity contribution < 1.29 is 13.6 Å². The maximum atomic E-state index is 13.1. The van der Waals surface area contributed by atoms with Crippen LogP contribution in [0.2, 0.25) is 0 Å². The third kappa shape index (κ3) is 4.79. The lowest BCUT2D eigenvalue weighted by Gasteiger charge is -2.17. The molecule has 1 aromatic carbocycles. The maximum absolute atomic E-state index is 13.1. The van der Waals surface area contributed by atoms with E-state index in [0.29, 0.717) is 18.0 Å². The van der Waals surface area contributed by atoms with Crippen molar-refractivity contribution in [1.29, 1.82) is 0 Å². The normalized spacial score (nSPS) is 12.3. The fourth-order valence-electron chi connectivity index (χ4n) is 1.93. The molecule has 0 bridgehead atoms. The van der Waals surface area contributed by atoms with Gasteiger partial charge in [0.2, 0.25) is 0 Å². The van der Waals surface area contributed by atoms with Gasteiger partial charge < -0.3 is 10.6 Å². The molecule has 0 saturated carbocycles. The SMILES string of the molecule is CCC(CC)CNC(=O)NC(C)c1ccc(F)c(F)c1. The molecule has 112 valence electrons. The van der Waals surface area contributed by atoms with Crippen molar-refractivity contribution >= 4 is 6.03 Å². The predicted molar refractivity (Wildman–Crippen MR) is 75.4 cm³/mol. The van der Waals surface area contributed by atoms with Gasteiger partial charge in [0, 0.05) is 6.54 Å². The Balaban J connectivity index is 2.50. The number of hydrogen-bond acceptors (Lipinski definition) is 1. The standard InChI is InChI=1S/C15H22F2N2O/c1-4-11(5-2)9-18-15(20)19-10(3)12-6-7-13(16)14(17)8-12/h6-8,10-11H,4-5,9H2,1-3H3,(H2,18,19,20). The van der Waals surface area contributed by atoms with E-state index < -0.39 is 11.6 Å². The quantitative estimate of drug-likeness (QED) is 0.820. The van der Waals surface area contributed by atoms with Gasteiger partial charge >= 0.3 is 6.03 Å². The lowest BCUT2D eigenvalue weighted by molar-refractivity contribution is 0.235. The zero-order valence-corrected chi connectivity index (χ0v) is 12.2. The highest BCUT2D eigenvalue weighted by Gasteiger charge is 2.12. The van der Waals surface area contributed by atoms with E-state index in [-0.39, 0.29) is 12.1 Å². The highest BCUT2D eigenvalue weighted by Crippen LogP contribution is 2.15. The van der Waals surface area contributed by atoms with Crippen molar-refractivity contribution in [2.75, 3.05) is 6.54 Å². The van der Waals surface area contributed by atoms with E-state index in [1.165, 1.54) is 6.07 Å². The minimum absolute atomic E-state index is 0.297. The second-order valence-corrected chi connectivity index (χ2v) is 4.93. The second-order valence-electron chi connectivity index (χ2n) is 4.93. The molecule has 0 fully saturated rings. The molecule has 20 heavy (non-hydrogen) atoms. The Kier molecular flexibility index (Phi) is 6.42. The van der Waals surface area contributed by atoms with E-state index in [1.807, 2.05) is 0 Å². The number of halogens is 2. The minimum Gasteiger partial charge on any atom is -0.338 e. The van der Waals surface area contributed by atoms with Gasteiger partial charge in [-0.05, 0) is 30.5 Å². The third-order valence-electron chi connectivity index (χ3n) is 3.50. The van der Waals surface area contributed by atoms with Gasteiger partial charge in [0.15, 0.2) is 11.6 Å². The van der Waals surface area contributed by atoms with Crippen LogP contribution < -0.4 is 10.6 Å². The molecule has 0 radical (unpaired) electrons. The summed E-state index contributed by atoms with van der Waals surface area (Å²) in [4.78, 5) is 11.7. The van der Waals surface area contributed by atoms with Crippen LogP contribution in [0.3, 0.4) is 0 Å². The highest BCUT2D eigenvalue weighted by atomic mass is 19.2. The van der Waals surface area contributed by atoms with Gasteiger partial charge in [-0.15, -0.1) is 0 Å². The first-order chi connectivity index (χ1) is 9.47. The average molecular weight is 284 g/mol. The molecule has 1 unspecified atom stereocenters. The molecule has 2 amide bonds. The topological polar surface area (TPSA) is 41.1 Å². The maximum Gasteiger partial charge on any atom is 0.315 e. The Morgan fingerprint density at radius 1 is 1.20 bits per heavy atom. The van der Waals surface area contributed by atoms with E-state index in [4.69, 9.17) is 0 Å². The number of hydrogen-bond donors (Lipinski definition) is 2. The van der Waals surface area contributed by atoms with Crippen LogP contribution in [0.4, 0.5) is 13.6 Å². The lowest BCUT2D eigenvalue weighted by atomic mass is 10.0. The van der Waals surface area contributed by atoms with Gasteiger partial charge in [0.1, 0.15) is 0 Å². The molecule has 0 aliphatic carbocycles. The molecule has 0 aromatic heterocycles. The molecule has 1 rings (SSSR count). The highest BCUT2D eigenvalue weighted by molar-refractivity contribution is 5.74. The van der Waals surface area contributed by atoms with E-state index >= 15 is 0 Å². The molecule has 5 heteroatoms. The van der Waals surface area contributed by atoms with E-state index in [1.54, 1.807) is 6.92 Å². The van der Waals surface area contributed by atoms with Crippen LogP contribution in [0.15, 0.2) is 18.2 Å². The summed E-state index contributed by atoms with van der Waals surface area (Å²) in [6.07, 6.45) is 2.02. The molecule has 0 aliphatic heterocycles. The number of benzene rings is 1. The number of amides is 2. The Morgan fingerprint density at radius 3 is 2.40 bits per heavy atom. The summed E-state index contributed by atoms with van der Waals surface area (Å²) in [6.45, 7) is 6.50. The monoisotopic (exact) mass is 284 g/mol. The molecule has 0 aliphatic rings. The molecule has 1 aromatic rings. The number of carbonyl (C=O) groups is 1. The van der Waals surface area contributed by atoms with E-state index in [2.05, 4.69) is 24.5 Å². The smallest absolute Gasteiger partial charge is 0.315 e. The van der Waals surface area contributed by atoms with E-state index in [9.17, 15) is 13.6 Å². The summed E-state index contributed by atoms with van der Waals surface area (Å²) < 4.78 is 26.0. The zero-order valence-electron chi connectivity index (χ0n) is 12.2. The van der Waals surface area contributed by atoms with Crippen LogP contribution in [0, 0.1) is 17.6 Å². The number of urea groups is 1. The molecular formula is C15H22F2N2O. The second kappa shape index (κ2) is 7.82. The fourth-order valence-corrected chi connectivity index (χ4v) is 1.93. The largest absolute Gasteiger partial charge is 0.338 e. The molecule has 0 heterocycles. The van der Waals surface area contributed by atoms with Gasteiger partial charge in [0.05, 0.1) is 6.04 Å². The van der Waals surface area contributed by atoms with Crippen LogP contribution in [0.25, 0.3) is 0 Å². The first kappa shape index (κ1) is 16.4. The Hall–Kier alpha value is -1.65. The van der Waals surface area contributed by atoms with Crippen molar-refractivity contribution in [2.45, 2.75) is 39.7 Å². The Labute approximate surface area is 118 Å². The van der Waals surface area contributed by atoms with Gasteiger partial charge in [-0.25, -0.2) is 13.6 Å². The van der Waals surface area contributed by atoms with Gasteiger partial charge in [-0.3, -0.25) is 0 Å². The summed E-state index contributed by atoms with van der Waals surface area (Å²) >= 11 is 0. The van der Waals surface area contributed by atoms with Gasteiger partial charge in [-0.1, -0.05) is 32.8 Å². The summed E-state index contributed by atoms with van der Waals surface area (Å²) in [5.41, 5.74) is 0.529. The van der Waals surface area contributed by atoms with Gasteiger partial charge in [-0.2, -0.15) is 0 Å². The molecule has 0 saturated heterocycles. The van der Waals surface area contributed by atoms with Crippen LogP contribution in [-0.2, 0) is 0 Å². The Bertz CT molecular complexity index is 447. The summed E-state index contributed by atoms with van der Waals surface area (Å²) in [7, 11) is 0. The van der Waals surface area contributed by atoms with Crippen molar-refractivity contribution in [1.82, 2.24) is 10.6 Å². The van der Waals surface area contributed by atoms with Crippen LogP contribution in [0.5, 0.6) is 0 Å². The lowest BCUT2D eigenvalue weighted by Crippen LogP contribution is -2.39. The van der Waals surface area contributed by atoms with Crippen LogP contribution in [0.1, 0.15) is 45.2 Å². The summed E-state index contributed by atoms with van der Waals surface area (Å²) in [5.74, 6) is -1.34. The van der Waals surface area contributed by atoms with Crippen molar-refractivity contribution in [3.05, 3.63) is 35.4 Å². The third-order valence-corrected chi connectivity index (χ3v) is 3.50. The van der Waals surface area contributed by atoms with Crippen molar-refractivity contribution in [3.8, 4) is 0 Å². The summed E-state index contributed by atoms with van der Waals surface area (Å²) in [5, 5.41) is 5.50. The average Bonchev–Trinajstić information content (AvgIpc) is 2.42. The molecule has 0 spiro atoms. The van der Waals surface area contributed by atoms with Crippen LogP contribution in [-0.4, -0.2) is 12.6 Å². The predicted octanol–water partition coefficient (Wildman–Crippen LogP) is 3.76. The first-order valence-electron chi connectivity index (χ1n) is 6.97. The molecule has 1 atom stereocenters. The van der Waals surface area contributed by atoms with Crippen molar-refractivity contribution in [3.63, 3.8) is 0 Å². The van der Waals surface area contributed by atoms with Crippen molar-refractivity contribution in [2.24, 2.45) is 5.92 Å². The number of nitrogens with one attached hydrogen (secondary N) is 2. The fraction of sp³-hybridized carbons (Fsp3) is 0.533.